The van der Waals surface area contributed by atoms with E-state index in [0.29, 0.717) is 16.1 Å². The molecule has 5 nitrogen and oxygen atoms in total. The fourth-order valence-corrected chi connectivity index (χ4v) is 2.14. The van der Waals surface area contributed by atoms with Crippen LogP contribution < -0.4 is 9.54 Å². The number of para-hydroxylation sites is 1. The Morgan fingerprint density at radius 3 is 3.00 bits per heavy atom. The molecule has 0 saturated heterocycles. The smallest absolute Gasteiger partial charge is 0.286 e. The van der Waals surface area contributed by atoms with E-state index in [1.54, 1.807) is 28.8 Å². The van der Waals surface area contributed by atoms with Gasteiger partial charge in [0.2, 0.25) is 0 Å². The number of amides is 1. The van der Waals surface area contributed by atoms with Crippen molar-refractivity contribution in [3.8, 4) is 11.8 Å². The normalized spacial score (nSPS) is 11.1. The number of nitriles is 1. The molecule has 0 radical (unpaired) electrons. The Kier molecular flexibility index (Phi) is 4.11. The van der Waals surface area contributed by atoms with Crippen molar-refractivity contribution in [3.63, 3.8) is 0 Å². The van der Waals surface area contributed by atoms with Crippen LogP contribution in [0.4, 0.5) is 0 Å². The Morgan fingerprint density at radius 2 is 2.32 bits per heavy atom. The summed E-state index contributed by atoms with van der Waals surface area (Å²) in [6.07, 6.45) is 1.82. The lowest BCUT2D eigenvalue weighted by molar-refractivity contribution is -0.120. The number of carbonyl (C=O) groups is 1. The molecule has 0 saturated carbocycles. The average molecular weight is 273 g/mol. The molecule has 0 N–H and O–H groups in total. The van der Waals surface area contributed by atoms with Crippen LogP contribution in [0.2, 0.25) is 0 Å². The van der Waals surface area contributed by atoms with E-state index in [-0.39, 0.29) is 12.5 Å². The number of benzene rings is 1. The number of thiazole rings is 1. The van der Waals surface area contributed by atoms with Gasteiger partial charge in [-0.1, -0.05) is 12.1 Å². The average Bonchev–Trinajstić information content (AvgIpc) is 2.82. The maximum absolute atomic E-state index is 11.7. The molecule has 2 rings (SSSR count). The van der Waals surface area contributed by atoms with Gasteiger partial charge in [0.25, 0.3) is 5.91 Å². The van der Waals surface area contributed by atoms with Crippen LogP contribution in [0.25, 0.3) is 0 Å². The lowest BCUT2D eigenvalue weighted by Crippen LogP contribution is -2.16. The third-order valence-corrected chi connectivity index (χ3v) is 3.19. The minimum absolute atomic E-state index is 0.184. The van der Waals surface area contributed by atoms with Crippen LogP contribution in [0.5, 0.6) is 5.75 Å². The molecule has 0 unspecified atom stereocenters. The van der Waals surface area contributed by atoms with Crippen LogP contribution >= 0.6 is 11.3 Å². The van der Waals surface area contributed by atoms with Crippen LogP contribution in [0.15, 0.2) is 40.8 Å². The van der Waals surface area contributed by atoms with Crippen LogP contribution in [0.3, 0.4) is 0 Å². The number of aromatic nitrogens is 1. The van der Waals surface area contributed by atoms with Crippen molar-refractivity contribution in [2.75, 3.05) is 6.61 Å². The van der Waals surface area contributed by atoms with Crippen LogP contribution in [0, 0.1) is 11.3 Å². The van der Waals surface area contributed by atoms with E-state index in [9.17, 15) is 4.79 Å². The molecule has 0 aliphatic carbocycles. The van der Waals surface area contributed by atoms with Gasteiger partial charge in [0.05, 0.1) is 5.56 Å². The van der Waals surface area contributed by atoms with Gasteiger partial charge < -0.3 is 9.30 Å². The number of nitrogens with zero attached hydrogens (tertiary/aromatic N) is 3. The highest BCUT2D eigenvalue weighted by atomic mass is 32.1. The van der Waals surface area contributed by atoms with E-state index in [1.165, 1.54) is 11.3 Å². The van der Waals surface area contributed by atoms with Crippen LogP contribution in [-0.2, 0) is 11.8 Å². The summed E-state index contributed by atoms with van der Waals surface area (Å²) in [6, 6.07) is 8.78. The van der Waals surface area contributed by atoms with E-state index in [0.717, 1.165) is 0 Å². The van der Waals surface area contributed by atoms with Crippen molar-refractivity contribution in [2.24, 2.45) is 12.0 Å². The van der Waals surface area contributed by atoms with E-state index in [2.05, 4.69) is 4.99 Å². The van der Waals surface area contributed by atoms with Crippen LogP contribution in [-0.4, -0.2) is 17.1 Å². The molecule has 96 valence electrons. The second-order valence-corrected chi connectivity index (χ2v) is 4.57. The number of hydrogen-bond acceptors (Lipinski definition) is 4. The molecule has 1 aromatic heterocycles. The molecule has 0 spiro atoms. The molecule has 1 aromatic carbocycles. The summed E-state index contributed by atoms with van der Waals surface area (Å²) < 4.78 is 7.06. The molecular formula is C13H11N3O2S. The summed E-state index contributed by atoms with van der Waals surface area (Å²) in [4.78, 5) is 16.2. The Morgan fingerprint density at radius 1 is 1.53 bits per heavy atom. The molecule has 0 bridgehead atoms. The number of rotatable bonds is 3. The lowest BCUT2D eigenvalue weighted by Gasteiger charge is -2.04. The second kappa shape index (κ2) is 5.98. The largest absolute Gasteiger partial charge is 0.482 e. The third-order valence-electron chi connectivity index (χ3n) is 2.34. The van der Waals surface area contributed by atoms with E-state index >= 15 is 0 Å². The molecule has 0 atom stereocenters. The van der Waals surface area contributed by atoms with Gasteiger partial charge in [-0.3, -0.25) is 4.79 Å². The first kappa shape index (κ1) is 13.1. The van der Waals surface area contributed by atoms with Gasteiger partial charge in [-0.15, -0.1) is 11.3 Å². The van der Waals surface area contributed by atoms with Crippen molar-refractivity contribution >= 4 is 17.2 Å². The van der Waals surface area contributed by atoms with Gasteiger partial charge in [0.15, 0.2) is 11.4 Å². The molecule has 1 heterocycles. The molecule has 0 aliphatic rings. The van der Waals surface area contributed by atoms with Gasteiger partial charge in [-0.25, -0.2) is 0 Å². The number of carbonyl (C=O) groups excluding carboxylic acids is 1. The Bertz CT molecular complexity index is 694. The number of hydrogen-bond donors (Lipinski definition) is 0. The first-order valence-electron chi connectivity index (χ1n) is 5.50. The summed E-state index contributed by atoms with van der Waals surface area (Å²) in [6.45, 7) is -0.184. The minimum atomic E-state index is -0.384. The van der Waals surface area contributed by atoms with Crippen molar-refractivity contribution in [1.29, 1.82) is 5.26 Å². The molecule has 0 fully saturated rings. The van der Waals surface area contributed by atoms with Crippen LogP contribution in [0.1, 0.15) is 5.56 Å². The SMILES string of the molecule is Cn1ccsc1=NC(=O)COc1ccccc1C#N. The summed E-state index contributed by atoms with van der Waals surface area (Å²) in [5.41, 5.74) is 0.400. The summed E-state index contributed by atoms with van der Waals surface area (Å²) in [5, 5.41) is 10.7. The standard InChI is InChI=1S/C13H11N3O2S/c1-16-6-7-19-13(16)15-12(17)9-18-11-5-3-2-4-10(11)8-14/h2-7H,9H2,1H3. The van der Waals surface area contributed by atoms with Gasteiger partial charge in [0.1, 0.15) is 11.8 Å². The molecule has 1 amide bonds. The zero-order valence-corrected chi connectivity index (χ0v) is 11.1. The molecule has 0 aliphatic heterocycles. The Labute approximate surface area is 114 Å². The summed E-state index contributed by atoms with van der Waals surface area (Å²) in [5.74, 6) is 0.00916. The van der Waals surface area contributed by atoms with Gasteiger partial charge in [-0.2, -0.15) is 10.3 Å². The third kappa shape index (κ3) is 3.30. The summed E-state index contributed by atoms with van der Waals surface area (Å²) in [7, 11) is 1.81. The van der Waals surface area contributed by atoms with Crippen molar-refractivity contribution < 1.29 is 9.53 Å². The van der Waals surface area contributed by atoms with Gasteiger partial charge in [0, 0.05) is 18.6 Å². The number of ether oxygens (including phenoxy) is 1. The Balaban J connectivity index is 2.06. The molecule has 19 heavy (non-hydrogen) atoms. The highest BCUT2D eigenvalue weighted by Gasteiger charge is 2.05. The predicted octanol–water partition coefficient (Wildman–Crippen LogP) is 1.46. The van der Waals surface area contributed by atoms with Crippen molar-refractivity contribution in [2.45, 2.75) is 0 Å². The maximum Gasteiger partial charge on any atom is 0.286 e. The monoisotopic (exact) mass is 273 g/mol. The zero-order valence-electron chi connectivity index (χ0n) is 10.2. The Hall–Kier alpha value is -2.39. The van der Waals surface area contributed by atoms with Gasteiger partial charge >= 0.3 is 0 Å². The molecular weight excluding hydrogens is 262 g/mol. The number of aryl methyl sites for hydroxylation is 1. The molecule has 2 aromatic rings. The second-order valence-electron chi connectivity index (χ2n) is 3.70. The topological polar surface area (TPSA) is 67.4 Å². The fourth-order valence-electron chi connectivity index (χ4n) is 1.40. The van der Waals surface area contributed by atoms with Crippen molar-refractivity contribution in [1.82, 2.24) is 4.57 Å². The highest BCUT2D eigenvalue weighted by Crippen LogP contribution is 2.16. The van der Waals surface area contributed by atoms with Crippen molar-refractivity contribution in [3.05, 3.63) is 46.2 Å². The molecule has 6 heteroatoms. The van der Waals surface area contributed by atoms with E-state index < -0.39 is 0 Å². The zero-order chi connectivity index (χ0) is 13.7. The minimum Gasteiger partial charge on any atom is -0.482 e. The summed E-state index contributed by atoms with van der Waals surface area (Å²) >= 11 is 1.37. The first-order chi connectivity index (χ1) is 9.20. The van der Waals surface area contributed by atoms with Gasteiger partial charge in [-0.05, 0) is 12.1 Å². The maximum atomic E-state index is 11.7. The fraction of sp³-hybridized carbons (Fsp3) is 0.154. The van der Waals surface area contributed by atoms with E-state index in [1.807, 2.05) is 24.7 Å². The first-order valence-corrected chi connectivity index (χ1v) is 6.38. The highest BCUT2D eigenvalue weighted by molar-refractivity contribution is 7.07. The quantitative estimate of drug-likeness (QED) is 0.850. The lowest BCUT2D eigenvalue weighted by atomic mass is 10.2. The predicted molar refractivity (Wildman–Crippen MR) is 70.5 cm³/mol. The van der Waals surface area contributed by atoms with E-state index in [4.69, 9.17) is 10.00 Å².